The zero-order chi connectivity index (χ0) is 15.4. The third kappa shape index (κ3) is 4.02. The second-order valence-corrected chi connectivity index (χ2v) is 5.82. The summed E-state index contributed by atoms with van der Waals surface area (Å²) in [6.07, 6.45) is 1.02. The Morgan fingerprint density at radius 1 is 1.05 bits per heavy atom. The highest BCUT2D eigenvalue weighted by molar-refractivity contribution is 5.86. The van der Waals surface area contributed by atoms with E-state index in [4.69, 9.17) is 5.73 Å². The van der Waals surface area contributed by atoms with Gasteiger partial charge in [0.2, 0.25) is 0 Å². The van der Waals surface area contributed by atoms with E-state index in [0.29, 0.717) is 12.8 Å². The summed E-state index contributed by atoms with van der Waals surface area (Å²) in [6.45, 7) is 6.20. The van der Waals surface area contributed by atoms with Gasteiger partial charge >= 0.3 is 0 Å². The van der Waals surface area contributed by atoms with Crippen LogP contribution in [0.1, 0.15) is 27.8 Å². The molecular weight excluding hydrogens is 258 g/mol. The number of Topliss-reactive ketones (excluding diaryl/α,β-unsaturated/α-hetero) is 1. The molecule has 0 fully saturated rings. The zero-order valence-corrected chi connectivity index (χ0v) is 13.0. The molecule has 0 saturated heterocycles. The molecule has 0 aliphatic carbocycles. The molecule has 1 atom stereocenters. The van der Waals surface area contributed by atoms with Gasteiger partial charge in [0.05, 0.1) is 6.04 Å². The molecule has 2 aromatic carbocycles. The summed E-state index contributed by atoms with van der Waals surface area (Å²) in [5, 5.41) is 0. The van der Waals surface area contributed by atoms with Gasteiger partial charge in [-0.3, -0.25) is 4.79 Å². The first-order valence-electron chi connectivity index (χ1n) is 7.36. The normalized spacial score (nSPS) is 12.2. The summed E-state index contributed by atoms with van der Waals surface area (Å²) >= 11 is 0. The van der Waals surface area contributed by atoms with Crippen molar-refractivity contribution in [3.05, 3.63) is 70.3 Å². The number of hydrogen-bond acceptors (Lipinski definition) is 2. The minimum atomic E-state index is -0.437. The van der Waals surface area contributed by atoms with Gasteiger partial charge in [-0.25, -0.2) is 0 Å². The number of carbonyl (C=O) groups excluding carboxylic acids is 1. The molecule has 0 aromatic heterocycles. The van der Waals surface area contributed by atoms with E-state index in [-0.39, 0.29) is 5.78 Å². The van der Waals surface area contributed by atoms with Crippen molar-refractivity contribution < 1.29 is 4.79 Å². The highest BCUT2D eigenvalue weighted by Gasteiger charge is 2.16. The van der Waals surface area contributed by atoms with Crippen LogP contribution in [0.4, 0.5) is 0 Å². The lowest BCUT2D eigenvalue weighted by Crippen LogP contribution is -2.34. The summed E-state index contributed by atoms with van der Waals surface area (Å²) in [4.78, 5) is 12.4. The van der Waals surface area contributed by atoms with E-state index in [1.54, 1.807) is 0 Å². The molecule has 2 N–H and O–H groups in total. The molecule has 110 valence electrons. The van der Waals surface area contributed by atoms with Gasteiger partial charge in [0.1, 0.15) is 0 Å². The fourth-order valence-electron chi connectivity index (χ4n) is 2.78. The standard InChI is InChI=1S/C19H23NO/c1-13-9-14(2)17(15(3)10-13)12-19(21)18(20)11-16-7-5-4-6-8-16/h4-10,18H,11-12,20H2,1-3H3. The van der Waals surface area contributed by atoms with Gasteiger partial charge in [-0.05, 0) is 49.4 Å². The Morgan fingerprint density at radius 2 is 1.62 bits per heavy atom. The lowest BCUT2D eigenvalue weighted by molar-refractivity contribution is -0.119. The number of rotatable bonds is 5. The van der Waals surface area contributed by atoms with E-state index < -0.39 is 6.04 Å². The van der Waals surface area contributed by atoms with Crippen molar-refractivity contribution in [2.45, 2.75) is 39.7 Å². The molecule has 2 rings (SSSR count). The van der Waals surface area contributed by atoms with Gasteiger partial charge in [0.15, 0.2) is 5.78 Å². The number of aryl methyl sites for hydroxylation is 3. The summed E-state index contributed by atoms with van der Waals surface area (Å²) in [5.74, 6) is 0.105. The molecule has 2 nitrogen and oxygen atoms in total. The van der Waals surface area contributed by atoms with Gasteiger partial charge in [0.25, 0.3) is 0 Å². The highest BCUT2D eigenvalue weighted by atomic mass is 16.1. The van der Waals surface area contributed by atoms with Crippen molar-refractivity contribution >= 4 is 5.78 Å². The van der Waals surface area contributed by atoms with Gasteiger partial charge in [-0.1, -0.05) is 48.0 Å². The maximum absolute atomic E-state index is 12.4. The second kappa shape index (κ2) is 6.68. The number of carbonyl (C=O) groups is 1. The van der Waals surface area contributed by atoms with Crippen molar-refractivity contribution in [2.75, 3.05) is 0 Å². The van der Waals surface area contributed by atoms with Crippen LogP contribution in [0.2, 0.25) is 0 Å². The summed E-state index contributed by atoms with van der Waals surface area (Å²) < 4.78 is 0. The van der Waals surface area contributed by atoms with E-state index in [0.717, 1.165) is 11.1 Å². The first-order chi connectivity index (χ1) is 9.97. The van der Waals surface area contributed by atoms with Crippen LogP contribution in [0.15, 0.2) is 42.5 Å². The Bertz CT molecular complexity index is 608. The van der Waals surface area contributed by atoms with Crippen molar-refractivity contribution in [2.24, 2.45) is 5.73 Å². The lowest BCUT2D eigenvalue weighted by atomic mass is 9.92. The highest BCUT2D eigenvalue weighted by Crippen LogP contribution is 2.18. The number of ketones is 1. The smallest absolute Gasteiger partial charge is 0.154 e. The first kappa shape index (κ1) is 15.5. The largest absolute Gasteiger partial charge is 0.321 e. The summed E-state index contributed by atoms with van der Waals surface area (Å²) in [7, 11) is 0. The maximum atomic E-state index is 12.4. The van der Waals surface area contributed by atoms with Gasteiger partial charge in [-0.15, -0.1) is 0 Å². The number of hydrogen-bond donors (Lipinski definition) is 1. The molecule has 21 heavy (non-hydrogen) atoms. The Labute approximate surface area is 127 Å². The second-order valence-electron chi connectivity index (χ2n) is 5.82. The SMILES string of the molecule is Cc1cc(C)c(CC(=O)C(N)Cc2ccccc2)c(C)c1. The molecule has 0 bridgehead atoms. The predicted octanol–water partition coefficient (Wildman–Crippen LogP) is 3.29. The van der Waals surface area contributed by atoms with E-state index in [1.165, 1.54) is 16.7 Å². The number of benzene rings is 2. The Hall–Kier alpha value is -1.93. The molecule has 0 aliphatic heterocycles. The average Bonchev–Trinajstić information content (AvgIpc) is 2.43. The topological polar surface area (TPSA) is 43.1 Å². The quantitative estimate of drug-likeness (QED) is 0.914. The lowest BCUT2D eigenvalue weighted by Gasteiger charge is -2.14. The summed E-state index contributed by atoms with van der Waals surface area (Å²) in [6, 6.07) is 13.7. The van der Waals surface area contributed by atoms with Gasteiger partial charge in [-0.2, -0.15) is 0 Å². The van der Waals surface area contributed by atoms with Gasteiger partial charge in [0, 0.05) is 6.42 Å². The minimum Gasteiger partial charge on any atom is -0.321 e. The molecule has 0 heterocycles. The molecule has 0 aliphatic rings. The van der Waals surface area contributed by atoms with Crippen LogP contribution in [-0.2, 0) is 17.6 Å². The molecule has 2 heteroatoms. The predicted molar refractivity (Wildman–Crippen MR) is 87.5 cm³/mol. The Balaban J connectivity index is 2.08. The van der Waals surface area contributed by atoms with E-state index in [9.17, 15) is 4.79 Å². The first-order valence-corrected chi connectivity index (χ1v) is 7.36. The van der Waals surface area contributed by atoms with Gasteiger partial charge < -0.3 is 5.73 Å². The van der Waals surface area contributed by atoms with Crippen LogP contribution < -0.4 is 5.73 Å². The van der Waals surface area contributed by atoms with Crippen LogP contribution in [-0.4, -0.2) is 11.8 Å². The van der Waals surface area contributed by atoms with E-state index in [1.807, 2.05) is 30.3 Å². The molecule has 0 saturated carbocycles. The third-order valence-corrected chi connectivity index (χ3v) is 3.90. The van der Waals surface area contributed by atoms with Crippen LogP contribution in [0.3, 0.4) is 0 Å². The maximum Gasteiger partial charge on any atom is 0.154 e. The minimum absolute atomic E-state index is 0.105. The van der Waals surface area contributed by atoms with E-state index in [2.05, 4.69) is 32.9 Å². The molecule has 0 spiro atoms. The van der Waals surface area contributed by atoms with Crippen LogP contribution in [0, 0.1) is 20.8 Å². The average molecular weight is 281 g/mol. The summed E-state index contributed by atoms with van der Waals surface area (Å²) in [5.41, 5.74) is 11.9. The van der Waals surface area contributed by atoms with E-state index >= 15 is 0 Å². The van der Waals surface area contributed by atoms with Crippen molar-refractivity contribution in [1.29, 1.82) is 0 Å². The molecule has 2 aromatic rings. The van der Waals surface area contributed by atoms with Crippen molar-refractivity contribution in [1.82, 2.24) is 0 Å². The molecule has 1 unspecified atom stereocenters. The molecule has 0 radical (unpaired) electrons. The van der Waals surface area contributed by atoms with Crippen molar-refractivity contribution in [3.63, 3.8) is 0 Å². The van der Waals surface area contributed by atoms with Crippen LogP contribution in [0.5, 0.6) is 0 Å². The Morgan fingerprint density at radius 3 is 2.19 bits per heavy atom. The molecular formula is C19H23NO. The number of nitrogens with two attached hydrogens (primary N) is 1. The Kier molecular flexibility index (Phi) is 4.92. The van der Waals surface area contributed by atoms with Crippen molar-refractivity contribution in [3.8, 4) is 0 Å². The monoisotopic (exact) mass is 281 g/mol. The zero-order valence-electron chi connectivity index (χ0n) is 13.0. The van der Waals surface area contributed by atoms with Crippen LogP contribution >= 0.6 is 0 Å². The fraction of sp³-hybridized carbons (Fsp3) is 0.316. The van der Waals surface area contributed by atoms with Crippen LogP contribution in [0.25, 0.3) is 0 Å². The third-order valence-electron chi connectivity index (χ3n) is 3.90. The molecule has 0 amide bonds. The fourth-order valence-corrected chi connectivity index (χ4v) is 2.78.